The second kappa shape index (κ2) is 4.75. The molecule has 0 saturated heterocycles. The van der Waals surface area contributed by atoms with Gasteiger partial charge in [-0.2, -0.15) is 0 Å². The molecule has 0 aromatic carbocycles. The van der Waals surface area contributed by atoms with Gasteiger partial charge in [-0.15, -0.1) is 11.3 Å². The minimum Gasteiger partial charge on any atom is -0.350 e. The Hall–Kier alpha value is -0.900. The van der Waals surface area contributed by atoms with Crippen LogP contribution in [-0.2, 0) is 11.3 Å². The van der Waals surface area contributed by atoms with E-state index in [1.54, 1.807) is 11.3 Å². The lowest BCUT2D eigenvalue weighted by atomic mass is 9.92. The predicted octanol–water partition coefficient (Wildman–Crippen LogP) is 2.50. The van der Waals surface area contributed by atoms with Crippen molar-refractivity contribution in [3.05, 3.63) is 16.1 Å². The number of nitrogens with zero attached hydrogens (tertiary/aromatic N) is 1. The number of aryl methyl sites for hydroxylation is 1. The zero-order chi connectivity index (χ0) is 11.5. The lowest BCUT2D eigenvalue weighted by molar-refractivity contribution is -0.122. The topological polar surface area (TPSA) is 42.0 Å². The van der Waals surface area contributed by atoms with Gasteiger partial charge in [0.15, 0.2) is 0 Å². The Morgan fingerprint density at radius 2 is 2.20 bits per heavy atom. The highest BCUT2D eigenvalue weighted by Gasteiger charge is 2.15. The molecule has 0 aliphatic heterocycles. The molecule has 0 spiro atoms. The smallest absolute Gasteiger partial charge is 0.220 e. The second-order valence-electron chi connectivity index (χ2n) is 4.88. The van der Waals surface area contributed by atoms with E-state index in [0.717, 1.165) is 5.01 Å². The van der Waals surface area contributed by atoms with E-state index in [4.69, 9.17) is 0 Å². The SMILES string of the molecule is Cc1cnc(CNC(=O)CC(C)(C)C)s1. The Kier molecular flexibility index (Phi) is 3.85. The fourth-order valence-electron chi connectivity index (χ4n) is 1.20. The molecule has 1 aromatic rings. The quantitative estimate of drug-likeness (QED) is 0.860. The van der Waals surface area contributed by atoms with Crippen LogP contribution in [0, 0.1) is 12.3 Å². The molecular weight excluding hydrogens is 208 g/mol. The molecule has 0 aliphatic rings. The molecule has 0 bridgehead atoms. The molecule has 0 saturated carbocycles. The van der Waals surface area contributed by atoms with E-state index >= 15 is 0 Å². The highest BCUT2D eigenvalue weighted by atomic mass is 32.1. The van der Waals surface area contributed by atoms with Gasteiger partial charge in [0.2, 0.25) is 5.91 Å². The van der Waals surface area contributed by atoms with E-state index in [-0.39, 0.29) is 11.3 Å². The third kappa shape index (κ3) is 4.93. The summed E-state index contributed by atoms with van der Waals surface area (Å²) in [5.74, 6) is 0.0929. The van der Waals surface area contributed by atoms with Crippen molar-refractivity contribution in [3.8, 4) is 0 Å². The Balaban J connectivity index is 2.35. The normalized spacial score (nSPS) is 11.5. The van der Waals surface area contributed by atoms with Gasteiger partial charge in [-0.25, -0.2) is 4.98 Å². The number of carbonyl (C=O) groups excluding carboxylic acids is 1. The number of aromatic nitrogens is 1. The number of rotatable bonds is 3. The first kappa shape index (κ1) is 12.2. The van der Waals surface area contributed by atoms with E-state index in [1.807, 2.05) is 13.1 Å². The summed E-state index contributed by atoms with van der Waals surface area (Å²) in [6.45, 7) is 8.73. The van der Waals surface area contributed by atoms with Crippen molar-refractivity contribution in [1.29, 1.82) is 0 Å². The van der Waals surface area contributed by atoms with Crippen LogP contribution in [0.2, 0.25) is 0 Å². The third-order valence-corrected chi connectivity index (χ3v) is 2.71. The summed E-state index contributed by atoms with van der Waals surface area (Å²) in [6.07, 6.45) is 2.38. The van der Waals surface area contributed by atoms with E-state index < -0.39 is 0 Å². The van der Waals surface area contributed by atoms with E-state index in [2.05, 4.69) is 31.1 Å². The maximum atomic E-state index is 11.5. The van der Waals surface area contributed by atoms with Crippen molar-refractivity contribution >= 4 is 17.2 Å². The van der Waals surface area contributed by atoms with Gasteiger partial charge in [0.1, 0.15) is 5.01 Å². The van der Waals surface area contributed by atoms with Crippen molar-refractivity contribution in [1.82, 2.24) is 10.3 Å². The molecule has 1 amide bonds. The van der Waals surface area contributed by atoms with Crippen molar-refractivity contribution < 1.29 is 4.79 Å². The summed E-state index contributed by atoms with van der Waals surface area (Å²) >= 11 is 1.62. The number of hydrogen-bond acceptors (Lipinski definition) is 3. The lowest BCUT2D eigenvalue weighted by Gasteiger charge is -2.16. The van der Waals surface area contributed by atoms with Gasteiger partial charge in [-0.05, 0) is 12.3 Å². The Bertz CT molecular complexity index is 339. The predicted molar refractivity (Wildman–Crippen MR) is 62.8 cm³/mol. The average molecular weight is 226 g/mol. The van der Waals surface area contributed by atoms with Crippen LogP contribution in [-0.4, -0.2) is 10.9 Å². The van der Waals surface area contributed by atoms with Crippen LogP contribution in [0.15, 0.2) is 6.20 Å². The molecule has 1 heterocycles. The molecule has 1 aromatic heterocycles. The molecule has 4 heteroatoms. The monoisotopic (exact) mass is 226 g/mol. The molecule has 1 rings (SSSR count). The zero-order valence-corrected chi connectivity index (χ0v) is 10.6. The molecule has 1 N–H and O–H groups in total. The molecular formula is C11H18N2OS. The van der Waals surface area contributed by atoms with Gasteiger partial charge >= 0.3 is 0 Å². The van der Waals surface area contributed by atoms with E-state index in [9.17, 15) is 4.79 Å². The number of carbonyl (C=O) groups is 1. The fraction of sp³-hybridized carbons (Fsp3) is 0.636. The van der Waals surface area contributed by atoms with Crippen molar-refractivity contribution in [2.24, 2.45) is 5.41 Å². The summed E-state index contributed by atoms with van der Waals surface area (Å²) in [4.78, 5) is 16.9. The van der Waals surface area contributed by atoms with Crippen molar-refractivity contribution in [2.45, 2.75) is 40.7 Å². The summed E-state index contributed by atoms with van der Waals surface area (Å²) < 4.78 is 0. The largest absolute Gasteiger partial charge is 0.350 e. The molecule has 84 valence electrons. The number of amides is 1. The summed E-state index contributed by atoms with van der Waals surface area (Å²) in [5.41, 5.74) is 0.0445. The lowest BCUT2D eigenvalue weighted by Crippen LogP contribution is -2.27. The summed E-state index contributed by atoms with van der Waals surface area (Å²) in [7, 11) is 0. The first-order chi connectivity index (χ1) is 6.87. The minimum absolute atomic E-state index is 0.0445. The van der Waals surface area contributed by atoms with Crippen molar-refractivity contribution in [3.63, 3.8) is 0 Å². The molecule has 0 atom stereocenters. The number of thiazole rings is 1. The van der Waals surface area contributed by atoms with Crippen LogP contribution < -0.4 is 5.32 Å². The molecule has 0 radical (unpaired) electrons. The van der Waals surface area contributed by atoms with Gasteiger partial charge in [0.05, 0.1) is 6.54 Å². The molecule has 3 nitrogen and oxygen atoms in total. The standard InChI is InChI=1S/C11H18N2OS/c1-8-6-13-10(15-8)7-12-9(14)5-11(2,3)4/h6H,5,7H2,1-4H3,(H,12,14). The number of nitrogens with one attached hydrogen (secondary N) is 1. The van der Waals surface area contributed by atoms with E-state index in [1.165, 1.54) is 4.88 Å². The van der Waals surface area contributed by atoms with Crippen LogP contribution in [0.3, 0.4) is 0 Å². The molecule has 0 unspecified atom stereocenters. The first-order valence-corrected chi connectivity index (χ1v) is 5.86. The maximum Gasteiger partial charge on any atom is 0.220 e. The van der Waals surface area contributed by atoms with Crippen LogP contribution in [0.4, 0.5) is 0 Å². The van der Waals surface area contributed by atoms with E-state index in [0.29, 0.717) is 13.0 Å². The van der Waals surface area contributed by atoms with Crippen LogP contribution in [0.5, 0.6) is 0 Å². The van der Waals surface area contributed by atoms with Gasteiger partial charge in [0.25, 0.3) is 0 Å². The van der Waals surface area contributed by atoms with Gasteiger partial charge < -0.3 is 5.32 Å². The Morgan fingerprint density at radius 3 is 2.67 bits per heavy atom. The summed E-state index contributed by atoms with van der Waals surface area (Å²) in [5, 5.41) is 3.85. The van der Waals surface area contributed by atoms with Crippen LogP contribution in [0.1, 0.15) is 37.1 Å². The molecule has 0 aliphatic carbocycles. The zero-order valence-electron chi connectivity index (χ0n) is 9.76. The van der Waals surface area contributed by atoms with Gasteiger partial charge in [-0.3, -0.25) is 4.79 Å². The highest BCUT2D eigenvalue weighted by Crippen LogP contribution is 2.18. The van der Waals surface area contributed by atoms with Crippen LogP contribution >= 0.6 is 11.3 Å². The van der Waals surface area contributed by atoms with Gasteiger partial charge in [0, 0.05) is 17.5 Å². The van der Waals surface area contributed by atoms with Crippen molar-refractivity contribution in [2.75, 3.05) is 0 Å². The second-order valence-corrected chi connectivity index (χ2v) is 6.20. The average Bonchev–Trinajstić information content (AvgIpc) is 2.45. The Labute approximate surface area is 94.9 Å². The number of hydrogen-bond donors (Lipinski definition) is 1. The van der Waals surface area contributed by atoms with Crippen LogP contribution in [0.25, 0.3) is 0 Å². The van der Waals surface area contributed by atoms with Gasteiger partial charge in [-0.1, -0.05) is 20.8 Å². The minimum atomic E-state index is 0.0445. The third-order valence-electron chi connectivity index (χ3n) is 1.80. The highest BCUT2D eigenvalue weighted by molar-refractivity contribution is 7.11. The summed E-state index contributed by atoms with van der Waals surface area (Å²) in [6, 6.07) is 0. The fourth-order valence-corrected chi connectivity index (χ4v) is 1.93. The molecule has 15 heavy (non-hydrogen) atoms. The first-order valence-electron chi connectivity index (χ1n) is 5.05. The molecule has 0 fully saturated rings. The Morgan fingerprint density at radius 1 is 1.53 bits per heavy atom. The maximum absolute atomic E-state index is 11.5.